The molecule has 0 N–H and O–H groups in total. The summed E-state index contributed by atoms with van der Waals surface area (Å²) in [5.74, 6) is 0.757. The summed E-state index contributed by atoms with van der Waals surface area (Å²) in [5, 5.41) is 0. The SMILES string of the molecule is COC(=O)C(C)CN(C)C1CCC(C)CC1. The molecule has 0 heterocycles. The second kappa shape index (κ2) is 6.24. The van der Waals surface area contributed by atoms with Crippen LogP contribution in [0.25, 0.3) is 0 Å². The second-order valence-corrected chi connectivity index (χ2v) is 5.28. The number of nitrogens with zero attached hydrogens (tertiary/aromatic N) is 1. The molecule has 0 amide bonds. The molecule has 3 heteroatoms. The number of carbonyl (C=O) groups excluding carboxylic acids is 1. The van der Waals surface area contributed by atoms with Crippen LogP contribution in [0.15, 0.2) is 0 Å². The molecule has 0 saturated heterocycles. The Morgan fingerprint density at radius 3 is 2.44 bits per heavy atom. The van der Waals surface area contributed by atoms with Crippen LogP contribution < -0.4 is 0 Å². The number of methoxy groups -OCH3 is 1. The molecule has 1 aliphatic carbocycles. The highest BCUT2D eigenvalue weighted by atomic mass is 16.5. The largest absolute Gasteiger partial charge is 0.469 e. The van der Waals surface area contributed by atoms with Crippen LogP contribution in [0, 0.1) is 11.8 Å². The van der Waals surface area contributed by atoms with E-state index in [0.29, 0.717) is 6.04 Å². The van der Waals surface area contributed by atoms with Crippen molar-refractivity contribution in [3.05, 3.63) is 0 Å². The van der Waals surface area contributed by atoms with E-state index in [-0.39, 0.29) is 11.9 Å². The lowest BCUT2D eigenvalue weighted by Crippen LogP contribution is -2.39. The van der Waals surface area contributed by atoms with Gasteiger partial charge in [0.15, 0.2) is 0 Å². The van der Waals surface area contributed by atoms with Crippen LogP contribution in [0.3, 0.4) is 0 Å². The summed E-state index contributed by atoms with van der Waals surface area (Å²) in [6.07, 6.45) is 5.18. The van der Waals surface area contributed by atoms with E-state index in [2.05, 4.69) is 18.9 Å². The van der Waals surface area contributed by atoms with Crippen LogP contribution in [-0.2, 0) is 9.53 Å². The molecule has 1 saturated carbocycles. The Hall–Kier alpha value is -0.570. The summed E-state index contributed by atoms with van der Waals surface area (Å²) < 4.78 is 4.75. The van der Waals surface area contributed by atoms with Crippen LogP contribution in [0.1, 0.15) is 39.5 Å². The van der Waals surface area contributed by atoms with Crippen molar-refractivity contribution in [3.63, 3.8) is 0 Å². The van der Waals surface area contributed by atoms with E-state index in [1.165, 1.54) is 32.8 Å². The summed E-state index contributed by atoms with van der Waals surface area (Å²) in [7, 11) is 3.58. The smallest absolute Gasteiger partial charge is 0.309 e. The number of ether oxygens (including phenoxy) is 1. The third-order valence-corrected chi connectivity index (χ3v) is 3.77. The van der Waals surface area contributed by atoms with Crippen molar-refractivity contribution < 1.29 is 9.53 Å². The molecule has 1 rings (SSSR count). The summed E-state index contributed by atoms with van der Waals surface area (Å²) in [5.41, 5.74) is 0. The molecule has 1 unspecified atom stereocenters. The third kappa shape index (κ3) is 3.78. The van der Waals surface area contributed by atoms with Crippen molar-refractivity contribution >= 4 is 5.97 Å². The maximum absolute atomic E-state index is 11.3. The van der Waals surface area contributed by atoms with Gasteiger partial charge in [0.05, 0.1) is 13.0 Å². The van der Waals surface area contributed by atoms with E-state index in [4.69, 9.17) is 4.74 Å². The van der Waals surface area contributed by atoms with Crippen LogP contribution in [0.5, 0.6) is 0 Å². The van der Waals surface area contributed by atoms with Crippen molar-refractivity contribution in [2.75, 3.05) is 20.7 Å². The normalized spacial score (nSPS) is 27.8. The Bertz CT molecular complexity index is 222. The van der Waals surface area contributed by atoms with Crippen molar-refractivity contribution in [2.45, 2.75) is 45.6 Å². The van der Waals surface area contributed by atoms with Gasteiger partial charge in [0.25, 0.3) is 0 Å². The Kier molecular flexibility index (Phi) is 5.26. The highest BCUT2D eigenvalue weighted by molar-refractivity contribution is 5.72. The van der Waals surface area contributed by atoms with Crippen molar-refractivity contribution in [1.29, 1.82) is 0 Å². The number of hydrogen-bond acceptors (Lipinski definition) is 3. The molecule has 0 spiro atoms. The molecule has 1 aliphatic rings. The molecule has 1 fully saturated rings. The molecule has 0 radical (unpaired) electrons. The molecule has 1 atom stereocenters. The third-order valence-electron chi connectivity index (χ3n) is 3.77. The first-order valence-corrected chi connectivity index (χ1v) is 6.32. The van der Waals surface area contributed by atoms with Gasteiger partial charge in [-0.3, -0.25) is 4.79 Å². The molecular weight excluding hydrogens is 202 g/mol. The maximum atomic E-state index is 11.3. The minimum Gasteiger partial charge on any atom is -0.469 e. The van der Waals surface area contributed by atoms with Gasteiger partial charge in [0.2, 0.25) is 0 Å². The monoisotopic (exact) mass is 227 g/mol. The lowest BCUT2D eigenvalue weighted by Gasteiger charge is -2.34. The van der Waals surface area contributed by atoms with Crippen LogP contribution in [0.4, 0.5) is 0 Å². The number of esters is 1. The van der Waals surface area contributed by atoms with Gasteiger partial charge in [-0.2, -0.15) is 0 Å². The fourth-order valence-electron chi connectivity index (χ4n) is 2.54. The first-order valence-electron chi connectivity index (χ1n) is 6.32. The van der Waals surface area contributed by atoms with Crippen molar-refractivity contribution in [3.8, 4) is 0 Å². The van der Waals surface area contributed by atoms with Gasteiger partial charge in [-0.1, -0.05) is 13.8 Å². The number of rotatable bonds is 4. The maximum Gasteiger partial charge on any atom is 0.309 e. The fourth-order valence-corrected chi connectivity index (χ4v) is 2.54. The van der Waals surface area contributed by atoms with Crippen molar-refractivity contribution in [1.82, 2.24) is 4.90 Å². The van der Waals surface area contributed by atoms with Gasteiger partial charge in [0, 0.05) is 12.6 Å². The van der Waals surface area contributed by atoms with Crippen molar-refractivity contribution in [2.24, 2.45) is 11.8 Å². The van der Waals surface area contributed by atoms with Gasteiger partial charge < -0.3 is 9.64 Å². The molecule has 16 heavy (non-hydrogen) atoms. The van der Waals surface area contributed by atoms with E-state index in [0.717, 1.165) is 12.5 Å². The minimum atomic E-state index is -0.101. The minimum absolute atomic E-state index is 0.0191. The van der Waals surface area contributed by atoms with Gasteiger partial charge in [0.1, 0.15) is 0 Å². The summed E-state index contributed by atoms with van der Waals surface area (Å²) in [6.45, 7) is 5.08. The topological polar surface area (TPSA) is 29.5 Å². The van der Waals surface area contributed by atoms with E-state index in [1.54, 1.807) is 0 Å². The predicted octanol–water partition coefficient (Wildman–Crippen LogP) is 2.31. The molecule has 0 bridgehead atoms. The summed E-state index contributed by atoms with van der Waals surface area (Å²) in [6, 6.07) is 0.656. The first kappa shape index (κ1) is 13.5. The highest BCUT2D eigenvalue weighted by Gasteiger charge is 2.24. The van der Waals surface area contributed by atoms with Gasteiger partial charge in [-0.25, -0.2) is 0 Å². The number of carbonyl (C=O) groups is 1. The quantitative estimate of drug-likeness (QED) is 0.690. The average molecular weight is 227 g/mol. The summed E-state index contributed by atoms with van der Waals surface area (Å²) in [4.78, 5) is 13.7. The van der Waals surface area contributed by atoms with E-state index in [9.17, 15) is 4.79 Å². The van der Waals surface area contributed by atoms with Crippen LogP contribution in [0.2, 0.25) is 0 Å². The molecule has 0 aromatic carbocycles. The Labute approximate surface area is 99.1 Å². The lowest BCUT2D eigenvalue weighted by atomic mass is 9.86. The first-order chi connectivity index (χ1) is 7.54. The fraction of sp³-hybridized carbons (Fsp3) is 0.923. The van der Waals surface area contributed by atoms with E-state index >= 15 is 0 Å². The molecule has 94 valence electrons. The standard InChI is InChI=1S/C13H25NO2/c1-10-5-7-12(8-6-10)14(3)9-11(2)13(15)16-4/h10-12H,5-9H2,1-4H3. The zero-order valence-corrected chi connectivity index (χ0v) is 11.0. The average Bonchev–Trinajstić information content (AvgIpc) is 2.28. The molecule has 0 aromatic heterocycles. The Morgan fingerprint density at radius 1 is 1.38 bits per heavy atom. The lowest BCUT2D eigenvalue weighted by molar-refractivity contribution is -0.145. The predicted molar refractivity (Wildman–Crippen MR) is 65.2 cm³/mol. The van der Waals surface area contributed by atoms with Gasteiger partial charge in [-0.05, 0) is 38.6 Å². The van der Waals surface area contributed by atoms with Gasteiger partial charge >= 0.3 is 5.97 Å². The van der Waals surface area contributed by atoms with E-state index in [1.807, 2.05) is 6.92 Å². The summed E-state index contributed by atoms with van der Waals surface area (Å²) >= 11 is 0. The zero-order valence-electron chi connectivity index (χ0n) is 11.0. The number of hydrogen-bond donors (Lipinski definition) is 0. The zero-order chi connectivity index (χ0) is 12.1. The van der Waals surface area contributed by atoms with Gasteiger partial charge in [-0.15, -0.1) is 0 Å². The van der Waals surface area contributed by atoms with E-state index < -0.39 is 0 Å². The highest BCUT2D eigenvalue weighted by Crippen LogP contribution is 2.26. The Morgan fingerprint density at radius 2 is 1.94 bits per heavy atom. The molecule has 0 aliphatic heterocycles. The Balaban J connectivity index is 2.34. The molecular formula is C13H25NO2. The molecule has 3 nitrogen and oxygen atoms in total. The second-order valence-electron chi connectivity index (χ2n) is 5.28. The van der Waals surface area contributed by atoms with Crippen LogP contribution in [-0.4, -0.2) is 37.6 Å². The van der Waals surface area contributed by atoms with Crippen LogP contribution >= 0.6 is 0 Å². The molecule has 0 aromatic rings.